The van der Waals surface area contributed by atoms with Crippen LogP contribution in [0.2, 0.25) is 0 Å². The smallest absolute Gasteiger partial charge is 0.254 e. The molecule has 1 aliphatic heterocycles. The number of allylic oxidation sites excluding steroid dienone is 2. The molecule has 38 heavy (non-hydrogen) atoms. The second kappa shape index (κ2) is 12.2. The Kier molecular flexibility index (Phi) is 8.56. The van der Waals surface area contributed by atoms with Crippen LogP contribution in [0.4, 0.5) is 11.4 Å². The van der Waals surface area contributed by atoms with Crippen molar-refractivity contribution in [2.24, 2.45) is 0 Å². The summed E-state index contributed by atoms with van der Waals surface area (Å²) in [5.41, 5.74) is 3.70. The summed E-state index contributed by atoms with van der Waals surface area (Å²) in [6, 6.07) is 20.3. The number of aryl methyl sites for hydroxylation is 1. The average Bonchev–Trinajstić information content (AvgIpc) is 3.47. The molecule has 194 valence electrons. The van der Waals surface area contributed by atoms with Gasteiger partial charge in [-0.25, -0.2) is 0 Å². The van der Waals surface area contributed by atoms with Gasteiger partial charge < -0.3 is 25.1 Å². The molecule has 9 heteroatoms. The second-order valence-electron chi connectivity index (χ2n) is 8.54. The third-order valence-electron chi connectivity index (χ3n) is 6.06. The van der Waals surface area contributed by atoms with E-state index in [1.165, 1.54) is 23.6 Å². The number of nitrogens with zero attached hydrogens (tertiary/aromatic N) is 1. The highest BCUT2D eigenvalue weighted by atomic mass is 32.2. The number of hydrogen-bond donors (Lipinski definition) is 3. The standard InChI is InChI=1S/C29H28N4O4S/c1-4-19-7-9-20(10-8-19)32-25(34)17-38-29-23(16-30)27(24-6-5-15-37-24)26(18(2)31-29)28(35)33-21-11-13-22(36-3)14-12-21/h5-15,27,31H,4,17H2,1-3H3,(H,32,34)(H,33,35)/t27-/m0/s1. The lowest BCUT2D eigenvalue weighted by molar-refractivity contribution is -0.114. The maximum atomic E-state index is 13.4. The van der Waals surface area contributed by atoms with E-state index in [1.807, 2.05) is 24.3 Å². The van der Waals surface area contributed by atoms with E-state index in [0.29, 0.717) is 44.8 Å². The Morgan fingerprint density at radius 1 is 1.08 bits per heavy atom. The molecule has 0 saturated carbocycles. The Bertz CT molecular complexity index is 1400. The van der Waals surface area contributed by atoms with Crippen molar-refractivity contribution >= 4 is 35.0 Å². The van der Waals surface area contributed by atoms with E-state index in [0.717, 1.165) is 6.42 Å². The van der Waals surface area contributed by atoms with Crippen LogP contribution in [0.1, 0.15) is 31.1 Å². The summed E-state index contributed by atoms with van der Waals surface area (Å²) in [7, 11) is 1.57. The largest absolute Gasteiger partial charge is 0.497 e. The lowest BCUT2D eigenvalue weighted by Crippen LogP contribution is -2.31. The number of benzene rings is 2. The number of anilines is 2. The van der Waals surface area contributed by atoms with Crippen molar-refractivity contribution in [2.45, 2.75) is 26.2 Å². The summed E-state index contributed by atoms with van der Waals surface area (Å²) >= 11 is 1.20. The maximum Gasteiger partial charge on any atom is 0.254 e. The van der Waals surface area contributed by atoms with Crippen molar-refractivity contribution in [2.75, 3.05) is 23.5 Å². The fourth-order valence-electron chi connectivity index (χ4n) is 4.10. The highest BCUT2D eigenvalue weighted by Crippen LogP contribution is 2.41. The van der Waals surface area contributed by atoms with Crippen molar-refractivity contribution in [3.8, 4) is 11.8 Å². The van der Waals surface area contributed by atoms with Gasteiger partial charge in [0.05, 0.1) is 47.3 Å². The molecule has 2 heterocycles. The van der Waals surface area contributed by atoms with Gasteiger partial charge in [0.15, 0.2) is 0 Å². The molecule has 0 saturated heterocycles. The van der Waals surface area contributed by atoms with Crippen LogP contribution in [0.3, 0.4) is 0 Å². The number of dihydropyridines is 1. The van der Waals surface area contributed by atoms with Crippen molar-refractivity contribution in [1.29, 1.82) is 5.26 Å². The van der Waals surface area contributed by atoms with Crippen LogP contribution in [-0.4, -0.2) is 24.7 Å². The number of rotatable bonds is 9. The summed E-state index contributed by atoms with van der Waals surface area (Å²) in [5, 5.41) is 19.6. The molecule has 0 fully saturated rings. The van der Waals surface area contributed by atoms with Crippen LogP contribution in [0.5, 0.6) is 5.75 Å². The molecule has 8 nitrogen and oxygen atoms in total. The predicted molar refractivity (Wildman–Crippen MR) is 148 cm³/mol. The number of carbonyl (C=O) groups is 2. The molecule has 4 rings (SSSR count). The summed E-state index contributed by atoms with van der Waals surface area (Å²) in [6.45, 7) is 3.84. The maximum absolute atomic E-state index is 13.4. The molecular formula is C29H28N4O4S. The van der Waals surface area contributed by atoms with E-state index >= 15 is 0 Å². The molecule has 1 atom stereocenters. The van der Waals surface area contributed by atoms with Gasteiger partial charge in [0.1, 0.15) is 11.5 Å². The zero-order chi connectivity index (χ0) is 27.1. The van der Waals surface area contributed by atoms with Gasteiger partial charge >= 0.3 is 0 Å². The summed E-state index contributed by atoms with van der Waals surface area (Å²) in [6.07, 6.45) is 2.43. The van der Waals surface area contributed by atoms with Gasteiger partial charge in [-0.2, -0.15) is 5.26 Å². The molecule has 1 aromatic heterocycles. The number of ether oxygens (including phenoxy) is 1. The Morgan fingerprint density at radius 2 is 1.76 bits per heavy atom. The first-order chi connectivity index (χ1) is 18.4. The monoisotopic (exact) mass is 528 g/mol. The van der Waals surface area contributed by atoms with Crippen LogP contribution in [0.25, 0.3) is 0 Å². The molecule has 0 aliphatic carbocycles. The van der Waals surface area contributed by atoms with Gasteiger partial charge in [-0.15, -0.1) is 0 Å². The number of thioether (sulfide) groups is 1. The molecule has 2 amide bonds. The van der Waals surface area contributed by atoms with E-state index in [1.54, 1.807) is 50.4 Å². The van der Waals surface area contributed by atoms with Gasteiger partial charge in [-0.3, -0.25) is 9.59 Å². The Hall–Kier alpha value is -4.42. The fourth-order valence-corrected chi connectivity index (χ4v) is 4.99. The van der Waals surface area contributed by atoms with Crippen LogP contribution >= 0.6 is 11.8 Å². The topological polar surface area (TPSA) is 116 Å². The second-order valence-corrected chi connectivity index (χ2v) is 9.52. The number of hydrogen-bond acceptors (Lipinski definition) is 7. The quantitative estimate of drug-likeness (QED) is 0.333. The zero-order valence-electron chi connectivity index (χ0n) is 21.3. The van der Waals surface area contributed by atoms with Crippen LogP contribution in [0, 0.1) is 11.3 Å². The first-order valence-electron chi connectivity index (χ1n) is 12.1. The number of amides is 2. The third kappa shape index (κ3) is 6.10. The fraction of sp³-hybridized carbons (Fsp3) is 0.207. The molecule has 3 N–H and O–H groups in total. The van der Waals surface area contributed by atoms with E-state index in [2.05, 4.69) is 28.9 Å². The number of carbonyl (C=O) groups excluding carboxylic acids is 2. The molecule has 0 radical (unpaired) electrons. The molecule has 2 aromatic carbocycles. The van der Waals surface area contributed by atoms with Crippen molar-refractivity contribution < 1.29 is 18.7 Å². The minimum atomic E-state index is -0.735. The number of furan rings is 1. The lowest BCUT2D eigenvalue weighted by atomic mass is 9.85. The minimum Gasteiger partial charge on any atom is -0.497 e. The number of nitriles is 1. The molecule has 0 bridgehead atoms. The van der Waals surface area contributed by atoms with Gasteiger partial charge in [0, 0.05) is 17.1 Å². The van der Waals surface area contributed by atoms with Gasteiger partial charge in [0.25, 0.3) is 5.91 Å². The van der Waals surface area contributed by atoms with E-state index < -0.39 is 5.92 Å². The normalized spacial score (nSPS) is 14.9. The first kappa shape index (κ1) is 26.6. The van der Waals surface area contributed by atoms with Crippen LogP contribution in [0.15, 0.2) is 93.2 Å². The van der Waals surface area contributed by atoms with E-state index in [9.17, 15) is 14.9 Å². The molecular weight excluding hydrogens is 500 g/mol. The molecule has 1 aliphatic rings. The Labute approximate surface area is 225 Å². The highest BCUT2D eigenvalue weighted by Gasteiger charge is 2.36. The Balaban J connectivity index is 1.54. The predicted octanol–water partition coefficient (Wildman–Crippen LogP) is 5.56. The molecule has 0 unspecified atom stereocenters. The highest BCUT2D eigenvalue weighted by molar-refractivity contribution is 8.03. The third-order valence-corrected chi connectivity index (χ3v) is 7.08. The van der Waals surface area contributed by atoms with Crippen LogP contribution in [-0.2, 0) is 16.0 Å². The van der Waals surface area contributed by atoms with Gasteiger partial charge in [-0.05, 0) is 67.4 Å². The summed E-state index contributed by atoms with van der Waals surface area (Å²) in [4.78, 5) is 26.1. The first-order valence-corrected chi connectivity index (χ1v) is 13.0. The number of nitrogens with one attached hydrogen (secondary N) is 3. The summed E-state index contributed by atoms with van der Waals surface area (Å²) < 4.78 is 10.8. The molecule has 0 spiro atoms. The van der Waals surface area contributed by atoms with Crippen molar-refractivity contribution in [1.82, 2.24) is 5.32 Å². The van der Waals surface area contributed by atoms with Crippen LogP contribution < -0.4 is 20.7 Å². The van der Waals surface area contributed by atoms with Crippen molar-refractivity contribution in [3.05, 3.63) is 100 Å². The number of methoxy groups -OCH3 is 1. The molecule has 3 aromatic rings. The Morgan fingerprint density at radius 3 is 2.37 bits per heavy atom. The SMILES string of the molecule is CCc1ccc(NC(=O)CSC2=C(C#N)[C@@H](c3ccco3)C(C(=O)Nc3ccc(OC)cc3)=C(C)N2)cc1. The average molecular weight is 529 g/mol. The lowest BCUT2D eigenvalue weighted by Gasteiger charge is -2.28. The van der Waals surface area contributed by atoms with E-state index in [-0.39, 0.29) is 17.6 Å². The van der Waals surface area contributed by atoms with E-state index in [4.69, 9.17) is 9.15 Å². The zero-order valence-corrected chi connectivity index (χ0v) is 22.1. The minimum absolute atomic E-state index is 0.0780. The van der Waals surface area contributed by atoms with Gasteiger partial charge in [0.2, 0.25) is 5.91 Å². The van der Waals surface area contributed by atoms with Crippen molar-refractivity contribution in [3.63, 3.8) is 0 Å². The van der Waals surface area contributed by atoms with Gasteiger partial charge in [-0.1, -0.05) is 30.8 Å². The summed E-state index contributed by atoms with van der Waals surface area (Å²) in [5.74, 6) is -0.0991.